The summed E-state index contributed by atoms with van der Waals surface area (Å²) in [6.07, 6.45) is 3.10. The Kier molecular flexibility index (Phi) is 6.16. The average Bonchev–Trinajstić information content (AvgIpc) is 2.74. The number of amides is 1. The molecule has 4 nitrogen and oxygen atoms in total. The van der Waals surface area contributed by atoms with Gasteiger partial charge in [0.2, 0.25) is 5.91 Å². The molecule has 0 saturated carbocycles. The molecule has 2 N–H and O–H groups in total. The molecule has 1 heterocycles. The Hall–Kier alpha value is -0.260. The second kappa shape index (κ2) is 7.14. The zero-order chi connectivity index (χ0) is 12.0. The summed E-state index contributed by atoms with van der Waals surface area (Å²) in [4.78, 5) is 12.0. The Bertz CT molecular complexity index is 226. The molecule has 0 aromatic rings. The number of rotatable bonds is 6. The molecule has 3 unspecified atom stereocenters. The molecule has 1 rings (SSSR count). The fourth-order valence-corrected chi connectivity index (χ4v) is 2.40. The van der Waals surface area contributed by atoms with Gasteiger partial charge in [-0.3, -0.25) is 4.79 Å². The smallest absolute Gasteiger partial charge is 0.227 e. The van der Waals surface area contributed by atoms with Crippen LogP contribution in [0.4, 0.5) is 0 Å². The highest BCUT2D eigenvalue weighted by molar-refractivity contribution is 7.98. The minimum absolute atomic E-state index is 0.0401. The first-order valence-electron chi connectivity index (χ1n) is 5.73. The SMILES string of the molecule is CNC1COCC1C(=O)NC(C)CCSC. The Morgan fingerprint density at radius 2 is 2.31 bits per heavy atom. The molecule has 0 bridgehead atoms. The number of carbonyl (C=O) groups is 1. The maximum absolute atomic E-state index is 12.0. The molecule has 1 amide bonds. The highest BCUT2D eigenvalue weighted by Crippen LogP contribution is 2.14. The molecular formula is C11H22N2O2S. The van der Waals surface area contributed by atoms with Crippen LogP contribution in [0.25, 0.3) is 0 Å². The summed E-state index contributed by atoms with van der Waals surface area (Å²) < 4.78 is 5.32. The van der Waals surface area contributed by atoms with Crippen molar-refractivity contribution in [3.63, 3.8) is 0 Å². The van der Waals surface area contributed by atoms with Gasteiger partial charge >= 0.3 is 0 Å². The van der Waals surface area contributed by atoms with Crippen LogP contribution in [0.3, 0.4) is 0 Å². The van der Waals surface area contributed by atoms with E-state index in [1.165, 1.54) is 0 Å². The van der Waals surface area contributed by atoms with Crippen LogP contribution < -0.4 is 10.6 Å². The topological polar surface area (TPSA) is 50.4 Å². The van der Waals surface area contributed by atoms with Gasteiger partial charge in [-0.2, -0.15) is 11.8 Å². The van der Waals surface area contributed by atoms with E-state index < -0.39 is 0 Å². The van der Waals surface area contributed by atoms with Crippen LogP contribution in [-0.2, 0) is 9.53 Å². The molecule has 1 aliphatic rings. The predicted molar refractivity (Wildman–Crippen MR) is 67.8 cm³/mol. The minimum Gasteiger partial charge on any atom is -0.379 e. The summed E-state index contributed by atoms with van der Waals surface area (Å²) in [5.74, 6) is 1.16. The van der Waals surface area contributed by atoms with Crippen molar-refractivity contribution in [2.24, 2.45) is 5.92 Å². The number of likely N-dealkylation sites (N-methyl/N-ethyl adjacent to an activating group) is 1. The van der Waals surface area contributed by atoms with Gasteiger partial charge in [-0.1, -0.05) is 0 Å². The molecule has 0 aromatic heterocycles. The van der Waals surface area contributed by atoms with Crippen molar-refractivity contribution < 1.29 is 9.53 Å². The van der Waals surface area contributed by atoms with Gasteiger partial charge in [0.25, 0.3) is 0 Å². The molecule has 1 aliphatic heterocycles. The number of nitrogens with one attached hydrogen (secondary N) is 2. The molecule has 16 heavy (non-hydrogen) atoms. The standard InChI is InChI=1S/C11H22N2O2S/c1-8(4-5-16-3)13-11(14)9-6-15-7-10(9)12-2/h8-10,12H,4-7H2,1-3H3,(H,13,14). The molecule has 1 saturated heterocycles. The van der Waals surface area contributed by atoms with E-state index in [9.17, 15) is 4.79 Å². The zero-order valence-corrected chi connectivity index (χ0v) is 11.1. The molecule has 3 atom stereocenters. The highest BCUT2D eigenvalue weighted by atomic mass is 32.2. The molecule has 0 aliphatic carbocycles. The van der Waals surface area contributed by atoms with Gasteiger partial charge in [0.05, 0.1) is 19.1 Å². The fraction of sp³-hybridized carbons (Fsp3) is 0.909. The first kappa shape index (κ1) is 13.8. The molecule has 0 spiro atoms. The predicted octanol–water partition coefficient (Wildman–Crippen LogP) is 0.479. The van der Waals surface area contributed by atoms with Gasteiger partial charge in [-0.15, -0.1) is 0 Å². The molecular weight excluding hydrogens is 224 g/mol. The third-order valence-corrected chi connectivity index (χ3v) is 3.58. The second-order valence-electron chi connectivity index (χ2n) is 4.23. The summed E-state index contributed by atoms with van der Waals surface area (Å²) in [6, 6.07) is 0.408. The third-order valence-electron chi connectivity index (χ3n) is 2.93. The van der Waals surface area contributed by atoms with Crippen LogP contribution in [0.2, 0.25) is 0 Å². The first-order valence-corrected chi connectivity index (χ1v) is 7.12. The lowest BCUT2D eigenvalue weighted by molar-refractivity contribution is -0.126. The second-order valence-corrected chi connectivity index (χ2v) is 5.22. The van der Waals surface area contributed by atoms with Crippen molar-refractivity contribution in [1.82, 2.24) is 10.6 Å². The summed E-state index contributed by atoms with van der Waals surface area (Å²) in [5, 5.41) is 6.17. The molecule has 94 valence electrons. The molecule has 5 heteroatoms. The van der Waals surface area contributed by atoms with Crippen LogP contribution in [-0.4, -0.2) is 50.3 Å². The van der Waals surface area contributed by atoms with E-state index in [1.807, 2.05) is 7.05 Å². The van der Waals surface area contributed by atoms with Gasteiger partial charge in [0, 0.05) is 12.1 Å². The van der Waals surface area contributed by atoms with E-state index in [4.69, 9.17) is 4.74 Å². The van der Waals surface area contributed by atoms with Gasteiger partial charge in [0.1, 0.15) is 0 Å². The van der Waals surface area contributed by atoms with Crippen molar-refractivity contribution in [3.8, 4) is 0 Å². The highest BCUT2D eigenvalue weighted by Gasteiger charge is 2.33. The van der Waals surface area contributed by atoms with Gasteiger partial charge in [0.15, 0.2) is 0 Å². The minimum atomic E-state index is -0.0401. The largest absolute Gasteiger partial charge is 0.379 e. The number of hydrogen-bond donors (Lipinski definition) is 2. The van der Waals surface area contributed by atoms with Crippen molar-refractivity contribution in [1.29, 1.82) is 0 Å². The van der Waals surface area contributed by atoms with Crippen molar-refractivity contribution in [2.45, 2.75) is 25.4 Å². The molecule has 0 radical (unpaired) electrons. The van der Waals surface area contributed by atoms with E-state index >= 15 is 0 Å². The van der Waals surface area contributed by atoms with E-state index in [0.717, 1.165) is 12.2 Å². The Morgan fingerprint density at radius 3 is 2.94 bits per heavy atom. The first-order chi connectivity index (χ1) is 7.69. The van der Waals surface area contributed by atoms with Gasteiger partial charge in [-0.25, -0.2) is 0 Å². The monoisotopic (exact) mass is 246 g/mol. The van der Waals surface area contributed by atoms with Gasteiger partial charge < -0.3 is 15.4 Å². The summed E-state index contributed by atoms with van der Waals surface area (Å²) in [5.41, 5.74) is 0. The average molecular weight is 246 g/mol. The summed E-state index contributed by atoms with van der Waals surface area (Å²) in [7, 11) is 1.87. The Balaban J connectivity index is 2.33. The Labute approximate surface area is 102 Å². The molecule has 1 fully saturated rings. The number of thioether (sulfide) groups is 1. The van der Waals surface area contributed by atoms with Crippen molar-refractivity contribution >= 4 is 17.7 Å². The van der Waals surface area contributed by atoms with Crippen LogP contribution in [0.15, 0.2) is 0 Å². The van der Waals surface area contributed by atoms with Crippen LogP contribution in [0.5, 0.6) is 0 Å². The normalized spacial score (nSPS) is 26.7. The van der Waals surface area contributed by atoms with E-state index in [0.29, 0.717) is 13.2 Å². The van der Waals surface area contributed by atoms with Crippen molar-refractivity contribution in [3.05, 3.63) is 0 Å². The lowest BCUT2D eigenvalue weighted by atomic mass is 10.0. The van der Waals surface area contributed by atoms with Crippen molar-refractivity contribution in [2.75, 3.05) is 32.3 Å². The number of hydrogen-bond acceptors (Lipinski definition) is 4. The lowest BCUT2D eigenvalue weighted by Crippen LogP contribution is -2.45. The Morgan fingerprint density at radius 1 is 1.56 bits per heavy atom. The number of ether oxygens (including phenoxy) is 1. The van der Waals surface area contributed by atoms with E-state index in [2.05, 4.69) is 23.8 Å². The van der Waals surface area contributed by atoms with E-state index in [-0.39, 0.29) is 23.9 Å². The van der Waals surface area contributed by atoms with Gasteiger partial charge in [-0.05, 0) is 32.4 Å². The molecule has 0 aromatic carbocycles. The summed E-state index contributed by atoms with van der Waals surface area (Å²) in [6.45, 7) is 3.22. The lowest BCUT2D eigenvalue weighted by Gasteiger charge is -2.19. The van der Waals surface area contributed by atoms with Crippen LogP contribution in [0, 0.1) is 5.92 Å². The number of carbonyl (C=O) groups excluding carboxylic acids is 1. The maximum Gasteiger partial charge on any atom is 0.227 e. The fourth-order valence-electron chi connectivity index (χ4n) is 1.81. The zero-order valence-electron chi connectivity index (χ0n) is 10.3. The summed E-state index contributed by atoms with van der Waals surface area (Å²) >= 11 is 1.81. The maximum atomic E-state index is 12.0. The quantitative estimate of drug-likeness (QED) is 0.716. The van der Waals surface area contributed by atoms with Crippen LogP contribution >= 0.6 is 11.8 Å². The van der Waals surface area contributed by atoms with E-state index in [1.54, 1.807) is 11.8 Å². The third kappa shape index (κ3) is 3.96. The van der Waals surface area contributed by atoms with Crippen LogP contribution in [0.1, 0.15) is 13.3 Å².